The number of aliphatic hydroxyl groups is 1. The van der Waals surface area contributed by atoms with Crippen LogP contribution < -0.4 is 5.56 Å². The van der Waals surface area contributed by atoms with Crippen molar-refractivity contribution >= 4 is 28.1 Å². The number of likely N-dealkylation sites (tertiary alicyclic amines) is 2. The van der Waals surface area contributed by atoms with E-state index in [0.717, 1.165) is 47.0 Å². The third kappa shape index (κ3) is 6.25. The Kier molecular flexibility index (Phi) is 8.50. The van der Waals surface area contributed by atoms with Crippen LogP contribution in [-0.4, -0.2) is 72.1 Å². The first-order valence-electron chi connectivity index (χ1n) is 16.0. The second-order valence-electron chi connectivity index (χ2n) is 12.7. The van der Waals surface area contributed by atoms with Crippen molar-refractivity contribution < 1.29 is 9.90 Å². The molecule has 2 atom stereocenters. The van der Waals surface area contributed by atoms with E-state index in [2.05, 4.69) is 32.0 Å². The van der Waals surface area contributed by atoms with Gasteiger partial charge in [-0.1, -0.05) is 60.7 Å². The maximum Gasteiger partial charge on any atom is 0.262 e. The summed E-state index contributed by atoms with van der Waals surface area (Å²) in [4.78, 5) is 46.4. The van der Waals surface area contributed by atoms with Gasteiger partial charge in [-0.25, -0.2) is 15.0 Å². The zero-order valence-corrected chi connectivity index (χ0v) is 26.8. The summed E-state index contributed by atoms with van der Waals surface area (Å²) in [5.41, 5.74) is 2.59. The highest BCUT2D eigenvalue weighted by Gasteiger charge is 2.41. The zero-order chi connectivity index (χ0) is 31.7. The Bertz CT molecular complexity index is 1880. The van der Waals surface area contributed by atoms with Crippen molar-refractivity contribution in [1.29, 1.82) is 0 Å². The fourth-order valence-corrected chi connectivity index (χ4v) is 7.99. The van der Waals surface area contributed by atoms with E-state index < -0.39 is 5.60 Å². The van der Waals surface area contributed by atoms with Crippen molar-refractivity contribution in [3.63, 3.8) is 0 Å². The molecule has 46 heavy (non-hydrogen) atoms. The van der Waals surface area contributed by atoms with Crippen molar-refractivity contribution in [1.82, 2.24) is 29.3 Å². The smallest absolute Gasteiger partial charge is 0.262 e. The number of aromatic nitrogens is 4. The summed E-state index contributed by atoms with van der Waals surface area (Å²) in [5, 5.41) is 14.0. The van der Waals surface area contributed by atoms with Gasteiger partial charge in [-0.3, -0.25) is 19.1 Å². The lowest BCUT2D eigenvalue weighted by Crippen LogP contribution is -2.53. The molecule has 3 aromatic heterocycles. The van der Waals surface area contributed by atoms with Crippen molar-refractivity contribution in [2.45, 2.75) is 50.8 Å². The summed E-state index contributed by atoms with van der Waals surface area (Å²) in [5.74, 6) is 0.857. The van der Waals surface area contributed by atoms with Gasteiger partial charge in [0.05, 0.1) is 40.8 Å². The molecular weight excluding hydrogens is 597 g/mol. The van der Waals surface area contributed by atoms with Crippen molar-refractivity contribution in [2.24, 2.45) is 5.92 Å². The Morgan fingerprint density at radius 3 is 2.48 bits per heavy atom. The molecule has 2 fully saturated rings. The molecule has 0 unspecified atom stereocenters. The number of amides is 1. The lowest BCUT2D eigenvalue weighted by Gasteiger charge is -2.43. The molecule has 2 aliphatic rings. The molecular formula is C36H38N6O3S. The molecule has 7 rings (SSSR count). The van der Waals surface area contributed by atoms with E-state index in [0.29, 0.717) is 43.4 Å². The lowest BCUT2D eigenvalue weighted by atomic mass is 9.79. The summed E-state index contributed by atoms with van der Waals surface area (Å²) in [7, 11) is 0. The standard InChI is InChI=1S/C36H38N6O3S/c1-25-12-16-37-31(39-25)21-40-17-13-28(29(20-40)26-8-4-2-5-9-26)34(43)41-18-14-36(45,15-19-41)23-42-24-38-32-30(35(42)44)22-46-33(32)27-10-6-3-7-11-27/h2-12,16,22,24,28-29,45H,13-15,17-21,23H2,1H3/t28-,29+/m1/s1. The molecule has 0 radical (unpaired) electrons. The topological polar surface area (TPSA) is 104 Å². The Morgan fingerprint density at radius 2 is 1.74 bits per heavy atom. The van der Waals surface area contributed by atoms with Gasteiger partial charge in [0, 0.05) is 48.7 Å². The van der Waals surface area contributed by atoms with Gasteiger partial charge in [0.15, 0.2) is 0 Å². The summed E-state index contributed by atoms with van der Waals surface area (Å²) in [6.45, 7) is 5.23. The molecule has 9 nitrogen and oxygen atoms in total. The van der Waals surface area contributed by atoms with Gasteiger partial charge in [-0.05, 0) is 49.9 Å². The first-order valence-corrected chi connectivity index (χ1v) is 16.8. The Balaban J connectivity index is 1.03. The van der Waals surface area contributed by atoms with Gasteiger partial charge in [-0.15, -0.1) is 11.3 Å². The van der Waals surface area contributed by atoms with Gasteiger partial charge < -0.3 is 10.0 Å². The summed E-state index contributed by atoms with van der Waals surface area (Å²) >= 11 is 1.51. The second kappa shape index (κ2) is 12.9. The number of fused-ring (bicyclic) bond motifs is 1. The van der Waals surface area contributed by atoms with Gasteiger partial charge in [0.2, 0.25) is 5.91 Å². The third-order valence-corrected chi connectivity index (χ3v) is 10.6. The number of thiophene rings is 1. The molecule has 0 saturated carbocycles. The lowest BCUT2D eigenvalue weighted by molar-refractivity contribution is -0.142. The number of carbonyl (C=O) groups is 1. The normalized spacial score (nSPS) is 20.2. The first kappa shape index (κ1) is 30.4. The molecule has 1 N–H and O–H groups in total. The van der Waals surface area contributed by atoms with Crippen LogP contribution in [-0.2, 0) is 17.9 Å². The maximum atomic E-state index is 14.1. The number of carbonyl (C=O) groups excluding carboxylic acids is 1. The molecule has 2 aromatic carbocycles. The number of benzene rings is 2. The van der Waals surface area contributed by atoms with Crippen LogP contribution in [0.3, 0.4) is 0 Å². The quantitative estimate of drug-likeness (QED) is 0.272. The van der Waals surface area contributed by atoms with Crippen LogP contribution in [0.25, 0.3) is 21.3 Å². The summed E-state index contributed by atoms with van der Waals surface area (Å²) in [6, 6.07) is 22.2. The largest absolute Gasteiger partial charge is 0.388 e. The van der Waals surface area contributed by atoms with Crippen LogP contribution in [0.15, 0.2) is 89.4 Å². The van der Waals surface area contributed by atoms with Crippen LogP contribution in [0, 0.1) is 12.8 Å². The first-order chi connectivity index (χ1) is 22.4. The number of aryl methyl sites for hydroxylation is 1. The predicted molar refractivity (Wildman–Crippen MR) is 179 cm³/mol. The van der Waals surface area contributed by atoms with E-state index in [4.69, 9.17) is 0 Å². The molecule has 2 aliphatic heterocycles. The minimum absolute atomic E-state index is 0.0517. The summed E-state index contributed by atoms with van der Waals surface area (Å²) in [6.07, 6.45) is 4.91. The summed E-state index contributed by atoms with van der Waals surface area (Å²) < 4.78 is 1.53. The Hall–Kier alpha value is -4.25. The van der Waals surface area contributed by atoms with Crippen LogP contribution in [0.2, 0.25) is 0 Å². The molecule has 5 heterocycles. The van der Waals surface area contributed by atoms with Crippen LogP contribution >= 0.6 is 11.3 Å². The van der Waals surface area contributed by atoms with Crippen molar-refractivity contribution in [3.05, 3.63) is 112 Å². The van der Waals surface area contributed by atoms with E-state index in [-0.39, 0.29) is 29.8 Å². The average molecular weight is 635 g/mol. The molecule has 5 aromatic rings. The highest BCUT2D eigenvalue weighted by molar-refractivity contribution is 7.15. The van der Waals surface area contributed by atoms with E-state index in [1.807, 2.05) is 71.8 Å². The molecule has 1 amide bonds. The Labute approximate surface area is 272 Å². The van der Waals surface area contributed by atoms with Crippen molar-refractivity contribution in [2.75, 3.05) is 26.2 Å². The van der Waals surface area contributed by atoms with Crippen LogP contribution in [0.5, 0.6) is 0 Å². The van der Waals surface area contributed by atoms with E-state index in [1.165, 1.54) is 15.9 Å². The van der Waals surface area contributed by atoms with Crippen LogP contribution in [0.1, 0.15) is 42.3 Å². The monoisotopic (exact) mass is 634 g/mol. The molecule has 0 bridgehead atoms. The molecule has 236 valence electrons. The second-order valence-corrected chi connectivity index (χ2v) is 13.6. The van der Waals surface area contributed by atoms with Gasteiger partial charge >= 0.3 is 0 Å². The number of hydrogen-bond acceptors (Lipinski definition) is 8. The SMILES string of the molecule is Cc1ccnc(CN2CC[C@@H](C(=O)N3CCC(O)(Cn4cnc5c(-c6ccccc6)scc5c4=O)CC3)[C@H](c3ccccc3)C2)n1. The number of nitrogens with zero attached hydrogens (tertiary/aromatic N) is 6. The Morgan fingerprint density at radius 1 is 1.00 bits per heavy atom. The molecule has 0 spiro atoms. The van der Waals surface area contributed by atoms with Crippen LogP contribution in [0.4, 0.5) is 0 Å². The van der Waals surface area contributed by atoms with Gasteiger partial charge in [0.1, 0.15) is 5.82 Å². The van der Waals surface area contributed by atoms with E-state index in [9.17, 15) is 14.7 Å². The number of rotatable bonds is 7. The zero-order valence-electron chi connectivity index (χ0n) is 26.0. The fraction of sp³-hybridized carbons (Fsp3) is 0.361. The minimum Gasteiger partial charge on any atom is -0.388 e. The minimum atomic E-state index is -1.09. The molecule has 2 saturated heterocycles. The highest BCUT2D eigenvalue weighted by atomic mass is 32.1. The van der Waals surface area contributed by atoms with E-state index in [1.54, 1.807) is 12.5 Å². The number of piperidine rings is 2. The van der Waals surface area contributed by atoms with E-state index >= 15 is 0 Å². The predicted octanol–water partition coefficient (Wildman–Crippen LogP) is 4.88. The van der Waals surface area contributed by atoms with Gasteiger partial charge in [0.25, 0.3) is 5.56 Å². The molecule has 0 aliphatic carbocycles. The number of hydrogen-bond donors (Lipinski definition) is 1. The molecule has 10 heteroatoms. The fourth-order valence-electron chi connectivity index (χ4n) is 7.00. The van der Waals surface area contributed by atoms with Gasteiger partial charge in [-0.2, -0.15) is 0 Å². The van der Waals surface area contributed by atoms with Crippen molar-refractivity contribution in [3.8, 4) is 10.4 Å². The highest BCUT2D eigenvalue weighted by Crippen LogP contribution is 2.36. The maximum absolute atomic E-state index is 14.1. The average Bonchev–Trinajstić information content (AvgIpc) is 3.52. The third-order valence-electron chi connectivity index (χ3n) is 9.54.